The molecule has 0 saturated heterocycles. The maximum atomic E-state index is 13.7. The van der Waals surface area contributed by atoms with Crippen molar-refractivity contribution in [1.82, 2.24) is 19.5 Å². The molecule has 34 heavy (non-hydrogen) atoms. The summed E-state index contributed by atoms with van der Waals surface area (Å²) in [6.45, 7) is 5.28. The van der Waals surface area contributed by atoms with Gasteiger partial charge in [-0.25, -0.2) is 9.71 Å². The summed E-state index contributed by atoms with van der Waals surface area (Å²) in [6.07, 6.45) is -1.85. The van der Waals surface area contributed by atoms with E-state index in [1.807, 2.05) is 20.8 Å². The van der Waals surface area contributed by atoms with Crippen LogP contribution in [0.1, 0.15) is 48.0 Å². The monoisotopic (exact) mass is 496 g/mol. The van der Waals surface area contributed by atoms with Gasteiger partial charge in [-0.05, 0) is 35.9 Å². The molecule has 0 aliphatic carbocycles. The van der Waals surface area contributed by atoms with Crippen LogP contribution in [0.3, 0.4) is 0 Å². The molecule has 182 valence electrons. The molecule has 3 aromatic rings. The van der Waals surface area contributed by atoms with E-state index in [2.05, 4.69) is 10.1 Å². The van der Waals surface area contributed by atoms with Crippen LogP contribution in [-0.2, 0) is 28.2 Å². The molecule has 0 bridgehead atoms. The Kier molecular flexibility index (Phi) is 6.74. The fourth-order valence-corrected chi connectivity index (χ4v) is 4.20. The molecule has 0 radical (unpaired) electrons. The van der Waals surface area contributed by atoms with Gasteiger partial charge in [-0.2, -0.15) is 26.7 Å². The van der Waals surface area contributed by atoms with Crippen LogP contribution in [-0.4, -0.2) is 36.2 Å². The van der Waals surface area contributed by atoms with Crippen LogP contribution in [0.5, 0.6) is 5.75 Å². The third-order valence-corrected chi connectivity index (χ3v) is 6.12. The molecule has 0 unspecified atom stereocenters. The Balaban J connectivity index is 1.96. The number of hydrogen-bond donors (Lipinski definition) is 1. The highest BCUT2D eigenvalue weighted by molar-refractivity contribution is 7.90. The smallest absolute Gasteiger partial charge is 0.416 e. The van der Waals surface area contributed by atoms with Crippen molar-refractivity contribution in [3.63, 3.8) is 0 Å². The summed E-state index contributed by atoms with van der Waals surface area (Å²) in [5, 5.41) is 3.35. The van der Waals surface area contributed by atoms with Crippen molar-refractivity contribution in [3.8, 4) is 5.75 Å². The lowest BCUT2D eigenvalue weighted by Crippen LogP contribution is -2.32. The molecule has 0 aliphatic rings. The molecule has 3 rings (SSSR count). The van der Waals surface area contributed by atoms with Gasteiger partial charge in [0.05, 0.1) is 19.2 Å². The van der Waals surface area contributed by atoms with Gasteiger partial charge in [0.15, 0.2) is 5.75 Å². The van der Waals surface area contributed by atoms with Gasteiger partial charge in [-0.15, -0.1) is 0 Å². The van der Waals surface area contributed by atoms with Gasteiger partial charge >= 0.3 is 6.18 Å². The maximum Gasteiger partial charge on any atom is 0.416 e. The van der Waals surface area contributed by atoms with E-state index < -0.39 is 43.7 Å². The summed E-state index contributed by atoms with van der Waals surface area (Å²) in [5.41, 5.74) is -1.77. The number of nitrogens with zero attached hydrogens (tertiary/aromatic N) is 3. The molecule has 8 nitrogen and oxygen atoms in total. The van der Waals surface area contributed by atoms with Gasteiger partial charge in [-0.3, -0.25) is 9.48 Å². The predicted molar refractivity (Wildman–Crippen MR) is 117 cm³/mol. The molecule has 0 saturated carbocycles. The molecule has 1 amide bonds. The first kappa shape index (κ1) is 25.2. The van der Waals surface area contributed by atoms with E-state index in [4.69, 9.17) is 4.74 Å². The minimum atomic E-state index is -4.77. The molecular formula is C22H23F3N4O4S. The number of ether oxygens (including phenoxy) is 1. The van der Waals surface area contributed by atoms with Gasteiger partial charge in [0.2, 0.25) is 5.03 Å². The Hall–Kier alpha value is -3.41. The van der Waals surface area contributed by atoms with Crippen LogP contribution in [0.25, 0.3) is 0 Å². The highest BCUT2D eigenvalue weighted by Gasteiger charge is 2.35. The van der Waals surface area contributed by atoms with Gasteiger partial charge < -0.3 is 4.74 Å². The Labute approximate surface area is 194 Å². The van der Waals surface area contributed by atoms with Gasteiger partial charge in [0, 0.05) is 29.1 Å². The zero-order valence-corrected chi connectivity index (χ0v) is 19.7. The number of sulfonamides is 1. The van der Waals surface area contributed by atoms with Gasteiger partial charge in [0.25, 0.3) is 15.9 Å². The second-order valence-electron chi connectivity index (χ2n) is 8.46. The third kappa shape index (κ3) is 5.56. The minimum absolute atomic E-state index is 0.112. The largest absolute Gasteiger partial charge is 0.494 e. The summed E-state index contributed by atoms with van der Waals surface area (Å²) in [7, 11) is -3.33. The van der Waals surface area contributed by atoms with E-state index in [1.54, 1.807) is 16.9 Å². The van der Waals surface area contributed by atoms with Crippen molar-refractivity contribution >= 4 is 15.9 Å². The Bertz CT molecular complexity index is 1300. The number of hydrogen-bond acceptors (Lipinski definition) is 6. The lowest BCUT2D eigenvalue weighted by Gasteiger charge is -2.19. The number of methoxy groups -OCH3 is 1. The summed E-state index contributed by atoms with van der Waals surface area (Å²) in [5.74, 6) is -1.35. The SMILES string of the molecule is COc1ccc(C(C)(C)C)nc1S(=O)(=O)NC(=O)c1ccc(Cn2cccn2)c(C(F)(F)F)c1. The van der Waals surface area contributed by atoms with E-state index in [-0.39, 0.29) is 17.9 Å². The molecule has 0 fully saturated rings. The van der Waals surface area contributed by atoms with Crippen LogP contribution in [0, 0.1) is 0 Å². The number of nitrogens with one attached hydrogen (secondary N) is 1. The van der Waals surface area contributed by atoms with Crippen LogP contribution in [0.4, 0.5) is 13.2 Å². The van der Waals surface area contributed by atoms with Crippen LogP contribution in [0.15, 0.2) is 53.8 Å². The zero-order chi connectivity index (χ0) is 25.3. The molecule has 12 heteroatoms. The topological polar surface area (TPSA) is 103 Å². The van der Waals surface area contributed by atoms with Crippen molar-refractivity contribution in [2.24, 2.45) is 0 Å². The van der Waals surface area contributed by atoms with Crippen molar-refractivity contribution < 1.29 is 31.1 Å². The number of pyridine rings is 1. The zero-order valence-electron chi connectivity index (χ0n) is 18.8. The number of amides is 1. The summed E-state index contributed by atoms with van der Waals surface area (Å²) >= 11 is 0. The number of carbonyl (C=O) groups is 1. The lowest BCUT2D eigenvalue weighted by atomic mass is 9.92. The second-order valence-corrected chi connectivity index (χ2v) is 10.1. The number of carbonyl (C=O) groups excluding carboxylic acids is 1. The van der Waals surface area contributed by atoms with Crippen molar-refractivity contribution in [3.05, 3.63) is 71.2 Å². The van der Waals surface area contributed by atoms with E-state index in [9.17, 15) is 26.4 Å². The standard InChI is InChI=1S/C22H23F3N4O4S/c1-21(2,3)18-9-8-17(33-4)20(27-18)34(31,32)28-19(30)14-6-7-15(13-29-11-5-10-26-29)16(12-14)22(23,24)25/h5-12H,13H2,1-4H3,(H,28,30). The molecule has 0 atom stereocenters. The Morgan fingerprint density at radius 1 is 1.15 bits per heavy atom. The number of halogens is 3. The number of alkyl halides is 3. The molecule has 1 N–H and O–H groups in total. The molecule has 2 heterocycles. The minimum Gasteiger partial charge on any atom is -0.494 e. The van der Waals surface area contributed by atoms with Crippen LogP contribution < -0.4 is 9.46 Å². The van der Waals surface area contributed by atoms with E-state index in [0.29, 0.717) is 11.8 Å². The predicted octanol–water partition coefficient (Wildman–Crippen LogP) is 3.77. The third-order valence-electron chi connectivity index (χ3n) is 4.86. The molecule has 2 aromatic heterocycles. The van der Waals surface area contributed by atoms with Gasteiger partial charge in [-0.1, -0.05) is 26.8 Å². The van der Waals surface area contributed by atoms with Gasteiger partial charge in [0.1, 0.15) is 0 Å². The number of rotatable bonds is 6. The lowest BCUT2D eigenvalue weighted by molar-refractivity contribution is -0.138. The molecule has 0 aliphatic heterocycles. The van der Waals surface area contributed by atoms with Crippen LogP contribution in [0.2, 0.25) is 0 Å². The van der Waals surface area contributed by atoms with Crippen molar-refractivity contribution in [1.29, 1.82) is 0 Å². The van der Waals surface area contributed by atoms with Crippen molar-refractivity contribution in [2.75, 3.05) is 7.11 Å². The first-order valence-electron chi connectivity index (χ1n) is 10.0. The van der Waals surface area contributed by atoms with Crippen LogP contribution >= 0.6 is 0 Å². The Morgan fingerprint density at radius 2 is 1.85 bits per heavy atom. The van der Waals surface area contributed by atoms with Crippen molar-refractivity contribution in [2.45, 2.75) is 43.9 Å². The Morgan fingerprint density at radius 3 is 2.41 bits per heavy atom. The first-order valence-corrected chi connectivity index (χ1v) is 11.5. The highest BCUT2D eigenvalue weighted by atomic mass is 32.2. The second kappa shape index (κ2) is 9.09. The summed E-state index contributed by atoms with van der Waals surface area (Å²) in [6, 6.07) is 7.41. The van der Waals surface area contributed by atoms with E-state index >= 15 is 0 Å². The van der Waals surface area contributed by atoms with E-state index in [0.717, 1.165) is 12.1 Å². The fraction of sp³-hybridized carbons (Fsp3) is 0.318. The first-order chi connectivity index (χ1) is 15.7. The summed E-state index contributed by atoms with van der Waals surface area (Å²) < 4.78 is 75.0. The number of aromatic nitrogens is 3. The maximum absolute atomic E-state index is 13.7. The average molecular weight is 497 g/mol. The average Bonchev–Trinajstić information content (AvgIpc) is 3.24. The molecule has 1 aromatic carbocycles. The quantitative estimate of drug-likeness (QED) is 0.557. The number of benzene rings is 1. The normalized spacial score (nSPS) is 12.4. The van der Waals surface area contributed by atoms with E-state index in [1.165, 1.54) is 30.3 Å². The highest BCUT2D eigenvalue weighted by Crippen LogP contribution is 2.33. The summed E-state index contributed by atoms with van der Waals surface area (Å²) in [4.78, 5) is 16.8. The molecular weight excluding hydrogens is 473 g/mol. The fourth-order valence-electron chi connectivity index (χ4n) is 3.11. The molecule has 0 spiro atoms.